The number of hydrogen-bond acceptors (Lipinski definition) is 16. The van der Waals surface area contributed by atoms with Crippen molar-refractivity contribution < 1.29 is 67.7 Å². The number of carbonyl (C=O) groups is 12. The fourth-order valence-corrected chi connectivity index (χ4v) is 10.5. The number of carboxylic acid groups (broad SMARTS) is 1. The van der Waals surface area contributed by atoms with Crippen molar-refractivity contribution >= 4 is 81.2 Å². The van der Waals surface area contributed by atoms with Crippen LogP contribution in [0.15, 0.2) is 30.5 Å². The predicted molar refractivity (Wildman–Crippen MR) is 330 cm³/mol. The number of benzene rings is 1. The molecule has 2 aromatic rings. The van der Waals surface area contributed by atoms with Crippen molar-refractivity contribution in [2.45, 2.75) is 220 Å². The Kier molecular flexibility index (Phi) is 35.7. The summed E-state index contributed by atoms with van der Waals surface area (Å²) < 4.78 is 0. The third-order valence-corrected chi connectivity index (χ3v) is 15.5. The monoisotopic (exact) mass is 1220 g/mol. The van der Waals surface area contributed by atoms with Crippen LogP contribution in [0, 0.1) is 35.5 Å². The lowest BCUT2D eigenvalue weighted by Gasteiger charge is -2.28. The van der Waals surface area contributed by atoms with Gasteiger partial charge in [-0.15, -0.1) is 0 Å². The first kappa shape index (κ1) is 76.3. The summed E-state index contributed by atoms with van der Waals surface area (Å²) in [5.74, 6) is -12.2. The molecule has 0 bridgehead atoms. The Morgan fingerprint density at radius 2 is 1.05 bits per heavy atom. The van der Waals surface area contributed by atoms with Gasteiger partial charge in [-0.25, -0.2) is 0 Å². The molecule has 0 aliphatic carbocycles. The number of aromatic nitrogens is 1. The summed E-state index contributed by atoms with van der Waals surface area (Å²) in [6.07, 6.45) is 0.613. The van der Waals surface area contributed by atoms with Gasteiger partial charge >= 0.3 is 5.97 Å². The lowest BCUT2D eigenvalue weighted by atomic mass is 9.87. The first-order valence-electron chi connectivity index (χ1n) is 31.1. The molecule has 16 N–H and O–H groups in total. The Balaban J connectivity index is 2.49. The van der Waals surface area contributed by atoms with Crippen molar-refractivity contribution in [1.29, 1.82) is 0 Å². The average Bonchev–Trinajstić information content (AvgIpc) is 2.37. The molecule has 2 rings (SSSR count). The highest BCUT2D eigenvalue weighted by atomic mass is 16.4. The zero-order chi connectivity index (χ0) is 65.3. The van der Waals surface area contributed by atoms with E-state index in [0.29, 0.717) is 81.0 Å². The molecule has 0 aliphatic rings. The smallest absolute Gasteiger partial charge is 0.303 e. The molecule has 1 heterocycles. The number of amides is 6. The van der Waals surface area contributed by atoms with Crippen LogP contribution >= 0.6 is 0 Å². The standard InChI is InChI=1S/C63H102N10O14/c1-8-51(75)50(31-38(4)5)72-61(85)41(21-26-58(82)83)33-53(77)49(22-24-56(67)80)71-62(86)43(32-44-36-68-46-18-10-9-17-45(44)46)35-55(79)59(40(7)74)73-63(87)42(30-37(2)3)34-54(78)48(20-12-14-28-65)69-57(81)25-23-52(76)47(19-11-13-27-64)70-60(84)39(6)16-15-29-66/h9-10,17-18,36-43,47-50,59,68,74H,8,11-16,19-35,64-66H2,1-7H3,(H2,67,80)(H,69,81)(H,70,84)(H,71,86)(H,72,85)(H,73,87)(H,82,83)/t39-,40?,41-,42-,43-,47-,48-,49-,50-,59-/m0/s1. The highest BCUT2D eigenvalue weighted by molar-refractivity contribution is 5.99. The van der Waals surface area contributed by atoms with Gasteiger partial charge in [0.25, 0.3) is 0 Å². The second-order valence-electron chi connectivity index (χ2n) is 24.1. The number of para-hydroxylation sites is 1. The van der Waals surface area contributed by atoms with E-state index in [1.165, 1.54) is 6.92 Å². The van der Waals surface area contributed by atoms with E-state index in [9.17, 15) is 67.7 Å². The van der Waals surface area contributed by atoms with Gasteiger partial charge in [-0.05, 0) is 133 Å². The fourth-order valence-electron chi connectivity index (χ4n) is 10.5. The van der Waals surface area contributed by atoms with E-state index in [4.69, 9.17) is 22.9 Å². The van der Waals surface area contributed by atoms with Gasteiger partial charge in [-0.2, -0.15) is 0 Å². The minimum Gasteiger partial charge on any atom is -0.481 e. The Labute approximate surface area is 512 Å². The summed E-state index contributed by atoms with van der Waals surface area (Å²) in [7, 11) is 0. The lowest BCUT2D eigenvalue weighted by Crippen LogP contribution is -2.52. The van der Waals surface area contributed by atoms with Gasteiger partial charge in [-0.3, -0.25) is 57.5 Å². The number of rotatable bonds is 48. The SMILES string of the molecule is CCC(=O)[C@H](CC(C)C)NC(=O)[C@@H](CCC(=O)O)CC(=O)[C@H](CCC(N)=O)NC(=O)[C@H](CC(=O)[C@@H](NC(=O)[C@H](CC(=O)[C@H](CCCCN)NC(=O)CCC(=O)[C@H](CCCCN)NC(=O)[C@@H](C)CCCN)CC(C)C)C(C)O)Cc1c[nH]c2ccccc12. The molecule has 0 saturated heterocycles. The molecule has 0 fully saturated rings. The predicted octanol–water partition coefficient (Wildman–Crippen LogP) is 3.43. The van der Waals surface area contributed by atoms with Gasteiger partial charge in [0, 0.05) is 92.1 Å². The molecule has 87 heavy (non-hydrogen) atoms. The number of carbonyl (C=O) groups excluding carboxylic acids is 11. The molecule has 1 aromatic carbocycles. The lowest BCUT2D eigenvalue weighted by molar-refractivity contribution is -0.139. The Morgan fingerprint density at radius 1 is 0.517 bits per heavy atom. The second kappa shape index (κ2) is 40.6. The van der Waals surface area contributed by atoms with Crippen LogP contribution < -0.4 is 49.5 Å². The van der Waals surface area contributed by atoms with Crippen LogP contribution in [-0.2, 0) is 64.0 Å². The highest BCUT2D eigenvalue weighted by Crippen LogP contribution is 2.26. The molecule has 10 atom stereocenters. The van der Waals surface area contributed by atoms with E-state index >= 15 is 0 Å². The number of carboxylic acids is 1. The maximum absolute atomic E-state index is 14.7. The van der Waals surface area contributed by atoms with Crippen molar-refractivity contribution in [1.82, 2.24) is 31.6 Å². The van der Waals surface area contributed by atoms with Crippen LogP contribution in [0.5, 0.6) is 0 Å². The van der Waals surface area contributed by atoms with Gasteiger partial charge in [0.15, 0.2) is 28.9 Å². The van der Waals surface area contributed by atoms with Crippen LogP contribution in [-0.4, -0.2) is 141 Å². The minimum atomic E-state index is -1.63. The molecule has 1 aromatic heterocycles. The van der Waals surface area contributed by atoms with E-state index < -0.39 is 139 Å². The zero-order valence-electron chi connectivity index (χ0n) is 52.4. The average molecular weight is 1220 g/mol. The highest BCUT2D eigenvalue weighted by Gasteiger charge is 2.37. The number of aromatic amines is 1. The molecule has 24 nitrogen and oxygen atoms in total. The number of nitrogens with two attached hydrogens (primary N) is 4. The van der Waals surface area contributed by atoms with Crippen LogP contribution in [0.4, 0.5) is 0 Å². The number of aliphatic carboxylic acids is 1. The molecule has 1 unspecified atom stereocenters. The third kappa shape index (κ3) is 28.7. The zero-order valence-corrected chi connectivity index (χ0v) is 52.4. The van der Waals surface area contributed by atoms with Crippen LogP contribution in [0.2, 0.25) is 0 Å². The van der Waals surface area contributed by atoms with E-state index in [1.807, 2.05) is 27.7 Å². The number of aliphatic hydroxyl groups is 1. The summed E-state index contributed by atoms with van der Waals surface area (Å²) in [6, 6.07) is 1.20. The topological polar surface area (TPSA) is 425 Å². The molecular weight excluding hydrogens is 1120 g/mol. The molecule has 488 valence electrons. The molecule has 0 saturated carbocycles. The van der Waals surface area contributed by atoms with Gasteiger partial charge in [0.1, 0.15) is 6.04 Å². The number of unbranched alkanes of at least 4 members (excludes halogenated alkanes) is 2. The molecule has 6 amide bonds. The van der Waals surface area contributed by atoms with Crippen molar-refractivity contribution in [2.24, 2.45) is 58.4 Å². The van der Waals surface area contributed by atoms with Gasteiger partial charge in [-0.1, -0.05) is 59.7 Å². The number of fused-ring (bicyclic) bond motifs is 1. The number of primary amides is 1. The van der Waals surface area contributed by atoms with E-state index in [1.54, 1.807) is 44.3 Å². The first-order valence-corrected chi connectivity index (χ1v) is 31.1. The summed E-state index contributed by atoms with van der Waals surface area (Å²) in [5, 5.41) is 35.1. The number of Topliss-reactive ketones (excluding diaryl/α,β-unsaturated/α-hetero) is 5. The minimum absolute atomic E-state index is 0.00980. The number of H-pyrrole nitrogens is 1. The fraction of sp³-hybridized carbons (Fsp3) is 0.683. The number of ketones is 5. The van der Waals surface area contributed by atoms with Gasteiger partial charge in [0.2, 0.25) is 35.4 Å². The first-order chi connectivity index (χ1) is 41.1. The summed E-state index contributed by atoms with van der Waals surface area (Å²) >= 11 is 0. The van der Waals surface area contributed by atoms with Crippen molar-refractivity contribution in [2.75, 3.05) is 19.6 Å². The van der Waals surface area contributed by atoms with E-state index in [0.717, 1.165) is 0 Å². The Hall–Kier alpha value is -6.76. The van der Waals surface area contributed by atoms with E-state index in [-0.39, 0.29) is 93.0 Å². The number of hydrogen-bond donors (Lipinski definition) is 12. The normalized spacial score (nSPS) is 15.0. The van der Waals surface area contributed by atoms with Crippen molar-refractivity contribution in [3.63, 3.8) is 0 Å². The maximum atomic E-state index is 14.7. The van der Waals surface area contributed by atoms with Crippen molar-refractivity contribution in [3.8, 4) is 0 Å². The summed E-state index contributed by atoms with van der Waals surface area (Å²) in [6.45, 7) is 13.1. The molecular formula is C63H102N10O14. The van der Waals surface area contributed by atoms with Gasteiger partial charge < -0.3 is 64.7 Å². The number of nitrogens with one attached hydrogen (secondary N) is 6. The van der Waals surface area contributed by atoms with Crippen molar-refractivity contribution in [3.05, 3.63) is 36.0 Å². The largest absolute Gasteiger partial charge is 0.481 e. The van der Waals surface area contributed by atoms with Crippen LogP contribution in [0.1, 0.15) is 182 Å². The quantitative estimate of drug-likeness (QED) is 0.0422. The summed E-state index contributed by atoms with van der Waals surface area (Å²) in [4.78, 5) is 166. The maximum Gasteiger partial charge on any atom is 0.303 e. The Bertz CT molecular complexity index is 2590. The van der Waals surface area contributed by atoms with Crippen LogP contribution in [0.3, 0.4) is 0 Å². The molecule has 0 spiro atoms. The van der Waals surface area contributed by atoms with Crippen LogP contribution in [0.25, 0.3) is 10.9 Å². The van der Waals surface area contributed by atoms with E-state index in [2.05, 4.69) is 31.6 Å². The number of aliphatic hydroxyl groups excluding tert-OH is 1. The molecule has 0 aliphatic heterocycles. The third-order valence-electron chi connectivity index (χ3n) is 15.5. The Morgan fingerprint density at radius 3 is 1.61 bits per heavy atom. The molecule has 24 heteroatoms. The van der Waals surface area contributed by atoms with Gasteiger partial charge in [0.05, 0.1) is 30.3 Å². The molecule has 0 radical (unpaired) electrons. The second-order valence-corrected chi connectivity index (χ2v) is 24.1. The summed E-state index contributed by atoms with van der Waals surface area (Å²) in [5.41, 5.74) is 23.9.